The third-order valence-electron chi connectivity index (χ3n) is 6.96. The van der Waals surface area contributed by atoms with Crippen molar-refractivity contribution in [3.63, 3.8) is 0 Å². The van der Waals surface area contributed by atoms with Crippen LogP contribution >= 0.6 is 0 Å². The zero-order valence-corrected chi connectivity index (χ0v) is 22.1. The van der Waals surface area contributed by atoms with E-state index in [-0.39, 0.29) is 5.78 Å². The van der Waals surface area contributed by atoms with Gasteiger partial charge in [0.15, 0.2) is 5.78 Å². The lowest BCUT2D eigenvalue weighted by molar-refractivity contribution is 0.105. The van der Waals surface area contributed by atoms with Crippen molar-refractivity contribution in [3.05, 3.63) is 95.1 Å². The van der Waals surface area contributed by atoms with E-state index >= 15 is 0 Å². The molecule has 0 bridgehead atoms. The molecule has 0 aromatic heterocycles. The van der Waals surface area contributed by atoms with Crippen LogP contribution in [0.5, 0.6) is 11.5 Å². The van der Waals surface area contributed by atoms with Crippen LogP contribution in [0.1, 0.15) is 61.2 Å². The van der Waals surface area contributed by atoms with Gasteiger partial charge in [0.1, 0.15) is 18.1 Å². The number of hydrogen-bond donors (Lipinski definition) is 0. The number of methoxy groups -OCH3 is 1. The normalized spacial score (nSPS) is 13.3. The first kappa shape index (κ1) is 25.7. The number of carbonyl (C=O) groups excluding carboxylic acids is 1. The largest absolute Gasteiger partial charge is 0.497 e. The first-order valence-corrected chi connectivity index (χ1v) is 12.9. The van der Waals surface area contributed by atoms with E-state index in [1.165, 1.54) is 5.56 Å². The maximum Gasteiger partial charge on any atom is 0.193 e. The molecule has 4 heteroatoms. The van der Waals surface area contributed by atoms with Gasteiger partial charge in [0.25, 0.3) is 0 Å². The first-order valence-electron chi connectivity index (χ1n) is 12.9. The van der Waals surface area contributed by atoms with Crippen molar-refractivity contribution in [1.82, 2.24) is 4.90 Å². The van der Waals surface area contributed by atoms with Gasteiger partial charge in [-0.2, -0.15) is 0 Å². The van der Waals surface area contributed by atoms with Crippen molar-refractivity contribution in [2.24, 2.45) is 0 Å². The Morgan fingerprint density at radius 3 is 2.11 bits per heavy atom. The fraction of sp³-hybridized carbons (Fsp3) is 0.344. The summed E-state index contributed by atoms with van der Waals surface area (Å²) in [6, 6.07) is 24.8. The SMILES string of the molecule is COc1ccc(C2=C(C(=O)c3ccc(OCCN(C(C)C)C(C)C)cc3)c3ccccc3CC2)cc1. The van der Waals surface area contributed by atoms with E-state index in [0.717, 1.165) is 53.2 Å². The smallest absolute Gasteiger partial charge is 0.193 e. The van der Waals surface area contributed by atoms with E-state index in [4.69, 9.17) is 9.47 Å². The second-order valence-electron chi connectivity index (χ2n) is 9.87. The molecule has 1 aliphatic carbocycles. The van der Waals surface area contributed by atoms with Gasteiger partial charge in [-0.3, -0.25) is 9.69 Å². The third kappa shape index (κ3) is 5.71. The van der Waals surface area contributed by atoms with Crippen LogP contribution in [0, 0.1) is 0 Å². The van der Waals surface area contributed by atoms with Gasteiger partial charge < -0.3 is 9.47 Å². The molecule has 1 aliphatic rings. The molecule has 0 radical (unpaired) electrons. The summed E-state index contributed by atoms with van der Waals surface area (Å²) in [6.07, 6.45) is 1.75. The Bertz CT molecular complexity index is 1200. The summed E-state index contributed by atoms with van der Waals surface area (Å²) in [5.41, 5.74) is 5.86. The highest BCUT2D eigenvalue weighted by molar-refractivity contribution is 6.35. The predicted octanol–water partition coefficient (Wildman–Crippen LogP) is 6.93. The van der Waals surface area contributed by atoms with Crippen LogP contribution in [-0.2, 0) is 6.42 Å². The Kier molecular flexibility index (Phi) is 8.27. The van der Waals surface area contributed by atoms with Crippen molar-refractivity contribution in [3.8, 4) is 11.5 Å². The average molecular weight is 484 g/mol. The van der Waals surface area contributed by atoms with E-state index in [2.05, 4.69) is 44.7 Å². The molecule has 0 saturated heterocycles. The van der Waals surface area contributed by atoms with Crippen LogP contribution in [0.3, 0.4) is 0 Å². The van der Waals surface area contributed by atoms with Gasteiger partial charge >= 0.3 is 0 Å². The topological polar surface area (TPSA) is 38.8 Å². The number of ether oxygens (including phenoxy) is 2. The quantitative estimate of drug-likeness (QED) is 0.293. The molecule has 3 aromatic carbocycles. The molecule has 0 aliphatic heterocycles. The van der Waals surface area contributed by atoms with Gasteiger partial charge in [-0.05, 0) is 99.2 Å². The van der Waals surface area contributed by atoms with Gasteiger partial charge in [-0.25, -0.2) is 0 Å². The number of Topliss-reactive ketones (excluding diaryl/α,β-unsaturated/α-hetero) is 1. The van der Waals surface area contributed by atoms with Crippen molar-refractivity contribution in [2.45, 2.75) is 52.6 Å². The number of allylic oxidation sites excluding steroid dienone is 2. The van der Waals surface area contributed by atoms with Crippen LogP contribution in [-0.4, -0.2) is 43.0 Å². The Morgan fingerprint density at radius 1 is 0.833 bits per heavy atom. The molecule has 0 atom stereocenters. The Morgan fingerprint density at radius 2 is 1.47 bits per heavy atom. The minimum absolute atomic E-state index is 0.0466. The van der Waals surface area contributed by atoms with Crippen LogP contribution < -0.4 is 9.47 Å². The minimum Gasteiger partial charge on any atom is -0.497 e. The zero-order valence-electron chi connectivity index (χ0n) is 22.1. The molecule has 0 heterocycles. The van der Waals surface area contributed by atoms with Crippen LogP contribution in [0.25, 0.3) is 11.1 Å². The van der Waals surface area contributed by atoms with Gasteiger partial charge in [0, 0.05) is 29.8 Å². The number of carbonyl (C=O) groups is 1. The summed E-state index contributed by atoms with van der Waals surface area (Å²) in [5.74, 6) is 1.64. The molecule has 0 saturated carbocycles. The summed E-state index contributed by atoms with van der Waals surface area (Å²) in [5, 5.41) is 0. The van der Waals surface area contributed by atoms with Crippen molar-refractivity contribution in [1.29, 1.82) is 0 Å². The number of hydrogen-bond acceptors (Lipinski definition) is 4. The van der Waals surface area contributed by atoms with Crippen molar-refractivity contribution >= 4 is 16.9 Å². The van der Waals surface area contributed by atoms with Gasteiger partial charge in [0.2, 0.25) is 0 Å². The van der Waals surface area contributed by atoms with Crippen molar-refractivity contribution < 1.29 is 14.3 Å². The van der Waals surface area contributed by atoms with Gasteiger partial charge in [-0.15, -0.1) is 0 Å². The highest BCUT2D eigenvalue weighted by atomic mass is 16.5. The molecule has 0 amide bonds. The van der Waals surface area contributed by atoms with Crippen LogP contribution in [0.15, 0.2) is 72.8 Å². The lowest BCUT2D eigenvalue weighted by Crippen LogP contribution is -2.39. The molecule has 0 fully saturated rings. The average Bonchev–Trinajstić information content (AvgIpc) is 2.90. The maximum absolute atomic E-state index is 13.9. The lowest BCUT2D eigenvalue weighted by atomic mass is 9.79. The minimum atomic E-state index is 0.0466. The van der Waals surface area contributed by atoms with Crippen LogP contribution in [0.4, 0.5) is 0 Å². The second kappa shape index (κ2) is 11.6. The highest BCUT2D eigenvalue weighted by Gasteiger charge is 2.26. The first-order chi connectivity index (χ1) is 17.4. The molecule has 188 valence electrons. The molecule has 0 spiro atoms. The molecular formula is C32H37NO3. The summed E-state index contributed by atoms with van der Waals surface area (Å²) in [6.45, 7) is 10.3. The Balaban J connectivity index is 1.58. The summed E-state index contributed by atoms with van der Waals surface area (Å²) in [4.78, 5) is 16.3. The number of rotatable bonds is 10. The van der Waals surface area contributed by atoms with Gasteiger partial charge in [0.05, 0.1) is 7.11 Å². The molecule has 4 nitrogen and oxygen atoms in total. The number of fused-ring (bicyclic) bond motifs is 1. The fourth-order valence-electron chi connectivity index (χ4n) is 5.10. The van der Waals surface area contributed by atoms with E-state index in [1.807, 2.05) is 60.7 Å². The summed E-state index contributed by atoms with van der Waals surface area (Å²) in [7, 11) is 1.66. The highest BCUT2D eigenvalue weighted by Crippen LogP contribution is 2.39. The zero-order chi connectivity index (χ0) is 25.7. The number of ketones is 1. The van der Waals surface area contributed by atoms with Crippen LogP contribution in [0.2, 0.25) is 0 Å². The number of benzene rings is 3. The molecular weight excluding hydrogens is 446 g/mol. The molecule has 0 unspecified atom stereocenters. The van der Waals surface area contributed by atoms with E-state index in [0.29, 0.717) is 24.3 Å². The van der Waals surface area contributed by atoms with E-state index in [1.54, 1.807) is 7.11 Å². The third-order valence-corrected chi connectivity index (χ3v) is 6.96. The molecule has 4 rings (SSSR count). The summed E-state index contributed by atoms with van der Waals surface area (Å²) < 4.78 is 11.3. The van der Waals surface area contributed by atoms with E-state index in [9.17, 15) is 4.79 Å². The number of aryl methyl sites for hydroxylation is 1. The molecule has 0 N–H and O–H groups in total. The van der Waals surface area contributed by atoms with Gasteiger partial charge in [-0.1, -0.05) is 36.4 Å². The number of nitrogens with zero attached hydrogens (tertiary/aromatic N) is 1. The fourth-order valence-corrected chi connectivity index (χ4v) is 5.10. The molecule has 3 aromatic rings. The van der Waals surface area contributed by atoms with Crippen molar-refractivity contribution in [2.75, 3.05) is 20.3 Å². The maximum atomic E-state index is 13.9. The standard InChI is InChI=1S/C32H37NO3/c1-22(2)33(23(3)4)20-21-36-28-17-12-26(13-18-28)32(34)31-29-9-7-6-8-24(29)14-19-30(31)25-10-15-27(35-5)16-11-25/h6-13,15-18,22-23H,14,19-21H2,1-5H3. The summed E-state index contributed by atoms with van der Waals surface area (Å²) >= 11 is 0. The second-order valence-corrected chi connectivity index (χ2v) is 9.87. The predicted molar refractivity (Wildman–Crippen MR) is 148 cm³/mol. The molecule has 36 heavy (non-hydrogen) atoms. The monoisotopic (exact) mass is 483 g/mol. The Labute approximate surface area is 215 Å². The lowest BCUT2D eigenvalue weighted by Gasteiger charge is -2.30. The Hall–Kier alpha value is -3.37. The van der Waals surface area contributed by atoms with E-state index < -0.39 is 0 Å².